The highest BCUT2D eigenvalue weighted by atomic mass is 19.3. The summed E-state index contributed by atoms with van der Waals surface area (Å²) in [6.07, 6.45) is 0. The van der Waals surface area contributed by atoms with Crippen molar-refractivity contribution in [2.24, 2.45) is 0 Å². The predicted octanol–water partition coefficient (Wildman–Crippen LogP) is 0.241. The summed E-state index contributed by atoms with van der Waals surface area (Å²) >= 11 is 0. The third-order valence-corrected chi connectivity index (χ3v) is 2.28. The lowest BCUT2D eigenvalue weighted by molar-refractivity contribution is -0.298. The zero-order valence-corrected chi connectivity index (χ0v) is 10.3. The number of hydrogen-bond acceptors (Lipinski definition) is 4. The van der Waals surface area contributed by atoms with Crippen molar-refractivity contribution in [3.8, 4) is 0 Å². The molecule has 1 aliphatic heterocycles. The molecule has 124 valence electrons. The number of piperazine rings is 1. The minimum Gasteiger partial charge on any atom is -0.477 e. The number of carbonyl (C=O) groups is 2. The Balaban J connectivity index is 0.000000547. The van der Waals surface area contributed by atoms with Crippen LogP contribution in [0.25, 0.3) is 0 Å². The standard InChI is InChI=1S/C5H2F6O4.C4H10N2/c6-3(7,1(12)13)5(10,11)4(8,9)2(14)15;1-2-6-4-3-5-1/h(H,12,13)(H,14,15);5-6H,1-4H2. The average Bonchev–Trinajstić information content (AvgIpc) is 2.40. The van der Waals surface area contributed by atoms with Crippen molar-refractivity contribution >= 4 is 11.9 Å². The van der Waals surface area contributed by atoms with Crippen molar-refractivity contribution in [1.82, 2.24) is 10.6 Å². The van der Waals surface area contributed by atoms with E-state index in [0.717, 1.165) is 26.2 Å². The molecule has 0 aliphatic carbocycles. The van der Waals surface area contributed by atoms with Crippen LogP contribution in [-0.2, 0) is 9.59 Å². The van der Waals surface area contributed by atoms with E-state index in [-0.39, 0.29) is 0 Å². The van der Waals surface area contributed by atoms with E-state index >= 15 is 0 Å². The molecule has 1 aliphatic rings. The summed E-state index contributed by atoms with van der Waals surface area (Å²) in [6, 6.07) is 0. The molecule has 0 saturated carbocycles. The minimum atomic E-state index is -6.53. The van der Waals surface area contributed by atoms with E-state index in [1.165, 1.54) is 0 Å². The summed E-state index contributed by atoms with van der Waals surface area (Å²) in [4.78, 5) is 19.2. The lowest BCUT2D eigenvalue weighted by Crippen LogP contribution is -2.60. The molecule has 0 amide bonds. The summed E-state index contributed by atoms with van der Waals surface area (Å²) < 4.78 is 72.8. The summed E-state index contributed by atoms with van der Waals surface area (Å²) in [5.74, 6) is -26.0. The molecule has 1 rings (SSSR count). The second-order valence-corrected chi connectivity index (χ2v) is 3.83. The Labute approximate surface area is 114 Å². The SMILES string of the molecule is C1CNCCN1.O=C(O)C(F)(F)C(F)(F)C(F)(F)C(=O)O. The van der Waals surface area contributed by atoms with E-state index in [4.69, 9.17) is 10.2 Å². The first-order valence-electron chi connectivity index (χ1n) is 5.40. The van der Waals surface area contributed by atoms with Crippen molar-refractivity contribution in [3.63, 3.8) is 0 Å². The van der Waals surface area contributed by atoms with Gasteiger partial charge in [-0.05, 0) is 0 Å². The number of aliphatic carboxylic acids is 2. The van der Waals surface area contributed by atoms with E-state index in [1.54, 1.807) is 0 Å². The molecular weight excluding hydrogens is 314 g/mol. The van der Waals surface area contributed by atoms with E-state index in [9.17, 15) is 35.9 Å². The molecule has 1 heterocycles. The molecule has 0 bridgehead atoms. The molecule has 0 aromatic rings. The van der Waals surface area contributed by atoms with Gasteiger partial charge in [-0.1, -0.05) is 0 Å². The molecule has 6 nitrogen and oxygen atoms in total. The smallest absolute Gasteiger partial charge is 0.411 e. The van der Waals surface area contributed by atoms with Gasteiger partial charge in [0.2, 0.25) is 0 Å². The van der Waals surface area contributed by atoms with Crippen molar-refractivity contribution < 1.29 is 46.1 Å². The van der Waals surface area contributed by atoms with Crippen molar-refractivity contribution in [3.05, 3.63) is 0 Å². The van der Waals surface area contributed by atoms with Crippen LogP contribution in [0.1, 0.15) is 0 Å². The summed E-state index contributed by atoms with van der Waals surface area (Å²) in [5.41, 5.74) is 0. The van der Waals surface area contributed by atoms with Gasteiger partial charge < -0.3 is 20.8 Å². The number of carboxylic acid groups (broad SMARTS) is 2. The van der Waals surface area contributed by atoms with E-state index < -0.39 is 29.7 Å². The average molecular weight is 326 g/mol. The van der Waals surface area contributed by atoms with Gasteiger partial charge in [0.15, 0.2) is 0 Å². The first-order chi connectivity index (χ1) is 9.39. The Morgan fingerprint density at radius 3 is 1.10 bits per heavy atom. The zero-order chi connectivity index (χ0) is 16.9. The Bertz CT molecular complexity index is 347. The number of nitrogens with one attached hydrogen (secondary N) is 2. The highest BCUT2D eigenvalue weighted by Gasteiger charge is 2.78. The summed E-state index contributed by atoms with van der Waals surface area (Å²) in [7, 11) is 0. The maximum Gasteiger partial charge on any atom is 0.411 e. The Morgan fingerprint density at radius 1 is 0.714 bits per heavy atom. The van der Waals surface area contributed by atoms with E-state index in [1.807, 2.05) is 0 Å². The monoisotopic (exact) mass is 326 g/mol. The van der Waals surface area contributed by atoms with Gasteiger partial charge in [-0.3, -0.25) is 0 Å². The van der Waals surface area contributed by atoms with Crippen LogP contribution in [0.15, 0.2) is 0 Å². The van der Waals surface area contributed by atoms with Crippen LogP contribution in [0.3, 0.4) is 0 Å². The second kappa shape index (κ2) is 6.93. The third kappa shape index (κ3) is 4.20. The Hall–Kier alpha value is -1.56. The van der Waals surface area contributed by atoms with Crippen LogP contribution in [0.5, 0.6) is 0 Å². The van der Waals surface area contributed by atoms with Gasteiger partial charge >= 0.3 is 29.7 Å². The fraction of sp³-hybridized carbons (Fsp3) is 0.778. The number of hydrogen-bond donors (Lipinski definition) is 4. The van der Waals surface area contributed by atoms with E-state index in [2.05, 4.69) is 10.6 Å². The van der Waals surface area contributed by atoms with Crippen LogP contribution < -0.4 is 10.6 Å². The van der Waals surface area contributed by atoms with Crippen LogP contribution in [0.4, 0.5) is 26.3 Å². The maximum absolute atomic E-state index is 12.2. The van der Waals surface area contributed by atoms with Crippen LogP contribution in [0.2, 0.25) is 0 Å². The molecular formula is C9H12F6N2O4. The number of carboxylic acids is 2. The summed E-state index contributed by atoms with van der Waals surface area (Å²) in [5, 5.41) is 21.6. The fourth-order valence-electron chi connectivity index (χ4n) is 1.07. The predicted molar refractivity (Wildman–Crippen MR) is 55.9 cm³/mol. The highest BCUT2D eigenvalue weighted by molar-refractivity contribution is 5.82. The number of rotatable bonds is 4. The largest absolute Gasteiger partial charge is 0.477 e. The first kappa shape index (κ1) is 19.4. The lowest BCUT2D eigenvalue weighted by atomic mass is 10.1. The first-order valence-corrected chi connectivity index (χ1v) is 5.40. The van der Waals surface area contributed by atoms with E-state index in [0.29, 0.717) is 0 Å². The van der Waals surface area contributed by atoms with Crippen LogP contribution in [0, 0.1) is 0 Å². The number of alkyl halides is 6. The molecule has 21 heavy (non-hydrogen) atoms. The van der Waals surface area contributed by atoms with Gasteiger partial charge in [-0.25, -0.2) is 9.59 Å². The summed E-state index contributed by atoms with van der Waals surface area (Å²) in [6.45, 7) is 4.56. The maximum atomic E-state index is 12.2. The highest BCUT2D eigenvalue weighted by Crippen LogP contribution is 2.45. The molecule has 0 radical (unpaired) electrons. The molecule has 0 aromatic carbocycles. The minimum absolute atomic E-state index is 1.14. The molecule has 12 heteroatoms. The van der Waals surface area contributed by atoms with Gasteiger partial charge in [0.25, 0.3) is 0 Å². The Kier molecular flexibility index (Phi) is 6.42. The lowest BCUT2D eigenvalue weighted by Gasteiger charge is -2.27. The quantitative estimate of drug-likeness (QED) is 0.553. The van der Waals surface area contributed by atoms with Gasteiger partial charge in [0, 0.05) is 26.2 Å². The molecule has 0 spiro atoms. The van der Waals surface area contributed by atoms with Crippen LogP contribution >= 0.6 is 0 Å². The van der Waals surface area contributed by atoms with Gasteiger partial charge in [0.1, 0.15) is 0 Å². The van der Waals surface area contributed by atoms with Crippen LogP contribution in [-0.4, -0.2) is 66.1 Å². The molecule has 4 N–H and O–H groups in total. The third-order valence-electron chi connectivity index (χ3n) is 2.28. The van der Waals surface area contributed by atoms with Crippen molar-refractivity contribution in [2.75, 3.05) is 26.2 Å². The Morgan fingerprint density at radius 2 is 0.952 bits per heavy atom. The molecule has 1 fully saturated rings. The molecule has 0 aromatic heterocycles. The topological polar surface area (TPSA) is 98.7 Å². The van der Waals surface area contributed by atoms with Gasteiger partial charge in [-0.2, -0.15) is 26.3 Å². The number of halogens is 6. The van der Waals surface area contributed by atoms with Gasteiger partial charge in [-0.15, -0.1) is 0 Å². The molecule has 0 atom stereocenters. The van der Waals surface area contributed by atoms with Crippen molar-refractivity contribution in [1.29, 1.82) is 0 Å². The zero-order valence-electron chi connectivity index (χ0n) is 10.3. The second-order valence-electron chi connectivity index (χ2n) is 3.83. The molecule has 0 unspecified atom stereocenters. The normalized spacial score (nSPS) is 16.7. The molecule has 1 saturated heterocycles. The van der Waals surface area contributed by atoms with Gasteiger partial charge in [0.05, 0.1) is 0 Å². The fourth-order valence-corrected chi connectivity index (χ4v) is 1.07. The van der Waals surface area contributed by atoms with Crippen molar-refractivity contribution in [2.45, 2.75) is 17.8 Å².